The molecule has 35 heavy (non-hydrogen) atoms. The van der Waals surface area contributed by atoms with Gasteiger partial charge < -0.3 is 15.4 Å². The van der Waals surface area contributed by atoms with E-state index in [1.165, 1.54) is 31.4 Å². The predicted molar refractivity (Wildman–Crippen MR) is 134 cm³/mol. The molecule has 8 heteroatoms. The van der Waals surface area contributed by atoms with Gasteiger partial charge in [0.2, 0.25) is 5.91 Å². The molecule has 2 aliphatic heterocycles. The van der Waals surface area contributed by atoms with E-state index >= 15 is 0 Å². The van der Waals surface area contributed by atoms with Gasteiger partial charge in [-0.2, -0.15) is 0 Å². The molecule has 190 valence electrons. The van der Waals surface area contributed by atoms with Crippen LogP contribution in [-0.4, -0.2) is 61.1 Å². The number of rotatable bonds is 8. The largest absolute Gasteiger partial charge is 0.492 e. The number of carbonyl (C=O) groups excluding carboxylic acids is 1. The first-order chi connectivity index (χ1) is 16.9. The summed E-state index contributed by atoms with van der Waals surface area (Å²) >= 11 is 5.93. The van der Waals surface area contributed by atoms with Crippen molar-refractivity contribution in [3.8, 4) is 5.75 Å². The molecule has 2 aromatic rings. The van der Waals surface area contributed by atoms with Gasteiger partial charge in [-0.05, 0) is 74.9 Å². The van der Waals surface area contributed by atoms with Crippen molar-refractivity contribution in [2.24, 2.45) is 5.73 Å². The number of piperidine rings is 2. The lowest BCUT2D eigenvalue weighted by atomic mass is 9.88. The van der Waals surface area contributed by atoms with E-state index in [-0.39, 0.29) is 11.8 Å². The quantitative estimate of drug-likeness (QED) is 0.562. The maximum atomic E-state index is 14.1. The summed E-state index contributed by atoms with van der Waals surface area (Å²) in [7, 11) is 0. The second-order valence-electron chi connectivity index (χ2n) is 9.59. The zero-order valence-electron chi connectivity index (χ0n) is 20.0. The molecule has 5 nitrogen and oxygen atoms in total. The molecule has 0 radical (unpaired) electrons. The number of hydrogen-bond donors (Lipinski definition) is 1. The first-order valence-corrected chi connectivity index (χ1v) is 12.9. The average molecular weight is 506 g/mol. The summed E-state index contributed by atoms with van der Waals surface area (Å²) in [5, 5.41) is 0.641. The fourth-order valence-electron chi connectivity index (χ4n) is 5.06. The molecule has 0 unspecified atom stereocenters. The van der Waals surface area contributed by atoms with Gasteiger partial charge in [0.05, 0.1) is 6.04 Å². The lowest BCUT2D eigenvalue weighted by Gasteiger charge is -2.34. The molecule has 2 aromatic carbocycles. The average Bonchev–Trinajstić information content (AvgIpc) is 2.87. The summed E-state index contributed by atoms with van der Waals surface area (Å²) in [6.45, 7) is 4.36. The van der Waals surface area contributed by atoms with Gasteiger partial charge in [-0.3, -0.25) is 9.69 Å². The highest BCUT2D eigenvalue weighted by molar-refractivity contribution is 6.30. The molecule has 2 aliphatic rings. The Kier molecular flexibility index (Phi) is 8.98. The first-order valence-electron chi connectivity index (χ1n) is 12.5. The molecule has 4 rings (SSSR count). The molecule has 1 amide bonds. The molecular weight excluding hydrogens is 472 g/mol. The second-order valence-corrected chi connectivity index (χ2v) is 10.0. The maximum absolute atomic E-state index is 14.1. The van der Waals surface area contributed by atoms with Crippen molar-refractivity contribution < 1.29 is 18.3 Å². The maximum Gasteiger partial charge on any atom is 0.239 e. The fraction of sp³-hybridized carbons (Fsp3) is 0.519. The number of likely N-dealkylation sites (tertiary alicyclic amines) is 2. The highest BCUT2D eigenvalue weighted by atomic mass is 35.5. The number of benzene rings is 2. The van der Waals surface area contributed by atoms with Crippen molar-refractivity contribution in [1.82, 2.24) is 9.80 Å². The van der Waals surface area contributed by atoms with Crippen LogP contribution in [0.25, 0.3) is 0 Å². The highest BCUT2D eigenvalue weighted by Gasteiger charge is 2.29. The number of nitrogens with two attached hydrogens (primary N) is 1. The van der Waals surface area contributed by atoms with Crippen LogP contribution in [0.1, 0.15) is 49.1 Å². The van der Waals surface area contributed by atoms with E-state index < -0.39 is 17.7 Å². The SMILES string of the molecule is N[C@H](Cc1ccc(Cl)cc1)C(=O)N1CCC(c2cc(F)c(F)cc2OCCN2CCCCC2)CC1. The molecular formula is C27H34ClF2N3O2. The van der Waals surface area contributed by atoms with Gasteiger partial charge in [-0.15, -0.1) is 0 Å². The summed E-state index contributed by atoms with van der Waals surface area (Å²) in [4.78, 5) is 17.0. The van der Waals surface area contributed by atoms with Gasteiger partial charge in [-0.1, -0.05) is 30.2 Å². The van der Waals surface area contributed by atoms with Gasteiger partial charge >= 0.3 is 0 Å². The Morgan fingerprint density at radius 2 is 1.69 bits per heavy atom. The third kappa shape index (κ3) is 6.93. The van der Waals surface area contributed by atoms with Gasteiger partial charge in [0.1, 0.15) is 12.4 Å². The Balaban J connectivity index is 1.33. The summed E-state index contributed by atoms with van der Waals surface area (Å²) in [6, 6.07) is 9.11. The molecule has 1 atom stereocenters. The van der Waals surface area contributed by atoms with Crippen LogP contribution in [0, 0.1) is 11.6 Å². The van der Waals surface area contributed by atoms with Crippen molar-refractivity contribution in [2.75, 3.05) is 39.3 Å². The standard InChI is InChI=1S/C27H34ClF2N3O2/c28-21-6-4-19(5-7-21)16-25(31)27(34)33-12-8-20(9-13-33)22-17-23(29)24(30)18-26(22)35-15-14-32-10-2-1-3-11-32/h4-7,17-18,20,25H,1-3,8-16,31H2/t25-/m1/s1. The molecule has 2 fully saturated rings. The van der Waals surface area contributed by atoms with Crippen LogP contribution in [0.3, 0.4) is 0 Å². The second kappa shape index (κ2) is 12.2. The number of hydrogen-bond acceptors (Lipinski definition) is 4. The predicted octanol–water partition coefficient (Wildman–Crippen LogP) is 4.76. The monoisotopic (exact) mass is 505 g/mol. The van der Waals surface area contributed by atoms with Gasteiger partial charge in [0.15, 0.2) is 11.6 Å². The van der Waals surface area contributed by atoms with Crippen LogP contribution in [0.4, 0.5) is 8.78 Å². The van der Waals surface area contributed by atoms with Crippen LogP contribution < -0.4 is 10.5 Å². The number of ether oxygens (including phenoxy) is 1. The zero-order chi connectivity index (χ0) is 24.8. The van der Waals surface area contributed by atoms with Crippen molar-refractivity contribution in [2.45, 2.75) is 50.5 Å². The minimum Gasteiger partial charge on any atom is -0.492 e. The van der Waals surface area contributed by atoms with Crippen LogP contribution in [-0.2, 0) is 11.2 Å². The van der Waals surface area contributed by atoms with E-state index in [0.717, 1.165) is 25.2 Å². The van der Waals surface area contributed by atoms with Gasteiger partial charge in [0, 0.05) is 36.3 Å². The Morgan fingerprint density at radius 3 is 2.37 bits per heavy atom. The number of nitrogens with zero attached hydrogens (tertiary/aromatic N) is 2. The van der Waals surface area contributed by atoms with E-state index in [9.17, 15) is 13.6 Å². The van der Waals surface area contributed by atoms with E-state index in [1.807, 2.05) is 12.1 Å². The van der Waals surface area contributed by atoms with Gasteiger partial charge in [0.25, 0.3) is 0 Å². The number of carbonyl (C=O) groups is 1. The lowest BCUT2D eigenvalue weighted by molar-refractivity contribution is -0.133. The molecule has 0 aromatic heterocycles. The van der Waals surface area contributed by atoms with Crippen LogP contribution in [0.15, 0.2) is 36.4 Å². The molecule has 0 bridgehead atoms. The van der Waals surface area contributed by atoms with E-state index in [4.69, 9.17) is 22.1 Å². The topological polar surface area (TPSA) is 58.8 Å². The van der Waals surface area contributed by atoms with Gasteiger partial charge in [-0.25, -0.2) is 8.78 Å². The number of amides is 1. The molecule has 2 N–H and O–H groups in total. The van der Waals surface area contributed by atoms with Crippen molar-refractivity contribution in [3.63, 3.8) is 0 Å². The van der Waals surface area contributed by atoms with Crippen LogP contribution in [0.2, 0.25) is 5.02 Å². The summed E-state index contributed by atoms with van der Waals surface area (Å²) in [5.41, 5.74) is 7.84. The minimum absolute atomic E-state index is 0.00775. The normalized spacial score (nSPS) is 18.5. The Labute approximate surface area is 211 Å². The fourth-order valence-corrected chi connectivity index (χ4v) is 5.19. The van der Waals surface area contributed by atoms with Crippen molar-refractivity contribution in [3.05, 3.63) is 64.2 Å². The Bertz CT molecular complexity index is 991. The van der Waals surface area contributed by atoms with E-state index in [2.05, 4.69) is 4.90 Å². The minimum atomic E-state index is -0.900. The third-order valence-electron chi connectivity index (χ3n) is 7.10. The van der Waals surface area contributed by atoms with Crippen molar-refractivity contribution >= 4 is 17.5 Å². The Morgan fingerprint density at radius 1 is 1.03 bits per heavy atom. The van der Waals surface area contributed by atoms with Crippen LogP contribution >= 0.6 is 11.6 Å². The smallest absolute Gasteiger partial charge is 0.239 e. The summed E-state index contributed by atoms with van der Waals surface area (Å²) in [6.07, 6.45) is 5.38. The molecule has 2 saturated heterocycles. The zero-order valence-corrected chi connectivity index (χ0v) is 20.8. The molecule has 0 spiro atoms. The van der Waals surface area contributed by atoms with E-state index in [0.29, 0.717) is 55.3 Å². The van der Waals surface area contributed by atoms with Crippen LogP contribution in [0.5, 0.6) is 5.75 Å². The molecule has 2 heterocycles. The molecule has 0 saturated carbocycles. The third-order valence-corrected chi connectivity index (χ3v) is 7.35. The van der Waals surface area contributed by atoms with E-state index in [1.54, 1.807) is 17.0 Å². The lowest BCUT2D eigenvalue weighted by Crippen LogP contribution is -2.47. The summed E-state index contributed by atoms with van der Waals surface area (Å²) in [5.74, 6) is -1.46. The Hall–Kier alpha value is -2.22. The molecule has 0 aliphatic carbocycles. The highest BCUT2D eigenvalue weighted by Crippen LogP contribution is 2.36. The first kappa shape index (κ1) is 25.9. The number of halogens is 3. The summed E-state index contributed by atoms with van der Waals surface area (Å²) < 4.78 is 34.1. The van der Waals surface area contributed by atoms with Crippen molar-refractivity contribution in [1.29, 1.82) is 0 Å².